The van der Waals surface area contributed by atoms with E-state index in [0.29, 0.717) is 59.1 Å². The maximum absolute atomic E-state index is 15.8. The molecule has 2 aliphatic heterocycles. The number of rotatable bonds is 12. The lowest BCUT2D eigenvalue weighted by Crippen LogP contribution is -2.51. The number of thioether (sulfide) groups is 1. The number of alkyl carbamates (subject to hydrolysis) is 2. The maximum atomic E-state index is 15.8. The average Bonchev–Trinajstić information content (AvgIpc) is 4.04. The molecule has 2 aromatic carbocycles. The Morgan fingerprint density at radius 2 is 1.35 bits per heavy atom. The molecule has 0 saturated carbocycles. The highest BCUT2D eigenvalue weighted by atomic mass is 32.2. The van der Waals surface area contributed by atoms with E-state index < -0.39 is 36.1 Å². The Morgan fingerprint density at radius 3 is 1.91 bits per heavy atom. The summed E-state index contributed by atoms with van der Waals surface area (Å²) in [4.78, 5) is 68.7. The summed E-state index contributed by atoms with van der Waals surface area (Å²) in [6.45, 7) is 7.89. The van der Waals surface area contributed by atoms with Crippen LogP contribution in [0.1, 0.15) is 64.3 Å². The highest BCUT2D eigenvalue weighted by molar-refractivity contribution is 7.99. The Labute approximate surface area is 334 Å². The number of nitrogens with one attached hydrogen (secondary N) is 4. The minimum atomic E-state index is -0.835. The molecule has 17 heteroatoms. The molecule has 4 aromatic rings. The fourth-order valence-electron chi connectivity index (χ4n) is 7.10. The quantitative estimate of drug-likeness (QED) is 0.128. The monoisotopic (exact) mass is 801 g/mol. The number of halogens is 1. The third kappa shape index (κ3) is 8.82. The van der Waals surface area contributed by atoms with Crippen LogP contribution in [0.3, 0.4) is 0 Å². The van der Waals surface area contributed by atoms with E-state index in [-0.39, 0.29) is 34.9 Å². The van der Waals surface area contributed by atoms with Gasteiger partial charge in [-0.1, -0.05) is 64.1 Å². The Bertz CT molecular complexity index is 2120. The van der Waals surface area contributed by atoms with Crippen LogP contribution in [0.15, 0.2) is 60.0 Å². The van der Waals surface area contributed by atoms with Crippen molar-refractivity contribution in [1.82, 2.24) is 40.5 Å². The molecular weight excluding hydrogens is 754 g/mol. The minimum absolute atomic E-state index is 0.168. The lowest BCUT2D eigenvalue weighted by molar-refractivity contribution is -0.136. The molecule has 57 heavy (non-hydrogen) atoms. The standard InChI is InChI=1S/C40H48FN9O6S/c1-21(2)33(47-39(53)55-5)37(51)49-20-26(57-7)17-32(49)36-43-19-30(46-36)25-12-13-27(28(41)16-25)23-8-10-24(11-9-23)29-18-42-35(45-29)31-14-15-44-50(31)38(52)34(22(3)4)48-40(54)56-6/h8-13,15-16,18-19,21-22,26,31-34H,14,17,20H2,1-7H3,(H,42,45)(H,43,46)(H,47,53)(H,48,54). The molecule has 4 N–H and O–H groups in total. The lowest BCUT2D eigenvalue weighted by Gasteiger charge is -2.30. The van der Waals surface area contributed by atoms with Gasteiger partial charge in [-0.05, 0) is 41.7 Å². The van der Waals surface area contributed by atoms with Crippen molar-refractivity contribution in [2.75, 3.05) is 27.0 Å². The number of ether oxygens (including phenoxy) is 2. The number of hydrogen-bond acceptors (Lipinski definition) is 10. The molecule has 4 heterocycles. The third-order valence-electron chi connectivity index (χ3n) is 10.3. The second kappa shape index (κ2) is 17.6. The van der Waals surface area contributed by atoms with Crippen molar-refractivity contribution in [2.45, 2.75) is 70.0 Å². The molecule has 0 aliphatic carbocycles. The van der Waals surface area contributed by atoms with Gasteiger partial charge in [-0.25, -0.2) is 29.0 Å². The number of hydrazone groups is 1. The normalized spacial score (nSPS) is 18.9. The minimum Gasteiger partial charge on any atom is -0.453 e. The number of aromatic nitrogens is 4. The molecule has 0 spiro atoms. The molecule has 2 aromatic heterocycles. The molecule has 5 unspecified atom stereocenters. The average molecular weight is 802 g/mol. The predicted octanol–water partition coefficient (Wildman–Crippen LogP) is 6.30. The van der Waals surface area contributed by atoms with Crippen molar-refractivity contribution in [1.29, 1.82) is 0 Å². The largest absolute Gasteiger partial charge is 0.453 e. The highest BCUT2D eigenvalue weighted by Crippen LogP contribution is 2.38. The van der Waals surface area contributed by atoms with Gasteiger partial charge >= 0.3 is 12.2 Å². The molecule has 0 radical (unpaired) electrons. The molecule has 4 amide bonds. The molecule has 15 nitrogen and oxygen atoms in total. The van der Waals surface area contributed by atoms with Crippen molar-refractivity contribution < 1.29 is 33.0 Å². The van der Waals surface area contributed by atoms with Gasteiger partial charge in [-0.15, -0.1) is 0 Å². The number of imidazole rings is 2. The summed E-state index contributed by atoms with van der Waals surface area (Å²) >= 11 is 1.67. The molecule has 1 fully saturated rings. The van der Waals surface area contributed by atoms with Crippen LogP contribution in [0.25, 0.3) is 33.6 Å². The number of H-pyrrole nitrogens is 2. The van der Waals surface area contributed by atoms with Crippen molar-refractivity contribution in [3.8, 4) is 33.6 Å². The summed E-state index contributed by atoms with van der Waals surface area (Å²) in [5, 5.41) is 11.1. The summed E-state index contributed by atoms with van der Waals surface area (Å²) in [5.74, 6) is -0.248. The second-order valence-electron chi connectivity index (χ2n) is 14.7. The molecular formula is C40H48FN9O6S. The van der Waals surface area contributed by atoms with Crippen LogP contribution in [0.5, 0.6) is 0 Å². The molecule has 5 atom stereocenters. The smallest absolute Gasteiger partial charge is 0.407 e. The maximum Gasteiger partial charge on any atom is 0.407 e. The van der Waals surface area contributed by atoms with Crippen LogP contribution in [0.2, 0.25) is 0 Å². The van der Waals surface area contributed by atoms with Crippen molar-refractivity contribution in [2.24, 2.45) is 16.9 Å². The van der Waals surface area contributed by atoms with E-state index in [9.17, 15) is 19.2 Å². The summed E-state index contributed by atoms with van der Waals surface area (Å²) < 4.78 is 25.2. The van der Waals surface area contributed by atoms with Gasteiger partial charge in [-0.3, -0.25) is 9.59 Å². The summed E-state index contributed by atoms with van der Waals surface area (Å²) in [7, 11) is 2.51. The Morgan fingerprint density at radius 1 is 0.807 bits per heavy atom. The van der Waals surface area contributed by atoms with Gasteiger partial charge < -0.3 is 35.0 Å². The zero-order valence-electron chi connectivity index (χ0n) is 32.9. The first-order chi connectivity index (χ1) is 27.3. The zero-order valence-corrected chi connectivity index (χ0v) is 33.7. The van der Waals surface area contributed by atoms with Crippen LogP contribution in [-0.4, -0.2) is 104 Å². The van der Waals surface area contributed by atoms with Gasteiger partial charge in [0.25, 0.3) is 5.91 Å². The number of aromatic amines is 2. The predicted molar refractivity (Wildman–Crippen MR) is 214 cm³/mol. The Kier molecular flexibility index (Phi) is 12.6. The number of amides is 4. The van der Waals surface area contributed by atoms with E-state index in [2.05, 4.69) is 35.7 Å². The van der Waals surface area contributed by atoms with E-state index in [0.717, 1.165) is 5.56 Å². The van der Waals surface area contributed by atoms with Crippen LogP contribution >= 0.6 is 11.8 Å². The highest BCUT2D eigenvalue weighted by Gasteiger charge is 2.41. The number of nitrogens with zero attached hydrogens (tertiary/aromatic N) is 5. The zero-order chi connectivity index (χ0) is 41.0. The van der Waals surface area contributed by atoms with Crippen LogP contribution < -0.4 is 10.6 Å². The summed E-state index contributed by atoms with van der Waals surface area (Å²) in [6.07, 6.45) is 6.72. The van der Waals surface area contributed by atoms with Crippen LogP contribution in [0, 0.1) is 17.7 Å². The number of carbonyl (C=O) groups excluding carboxylic acids is 4. The van der Waals surface area contributed by atoms with Crippen molar-refractivity contribution in [3.63, 3.8) is 0 Å². The first-order valence-corrected chi connectivity index (χ1v) is 20.0. The van der Waals surface area contributed by atoms with E-state index in [1.165, 1.54) is 25.3 Å². The van der Waals surface area contributed by atoms with Gasteiger partial charge in [0.05, 0.1) is 44.0 Å². The first-order valence-electron chi connectivity index (χ1n) is 18.7. The molecule has 2 aliphatic rings. The molecule has 6 rings (SSSR count). The van der Waals surface area contributed by atoms with E-state index in [4.69, 9.17) is 9.47 Å². The van der Waals surface area contributed by atoms with E-state index >= 15 is 4.39 Å². The van der Waals surface area contributed by atoms with Crippen molar-refractivity contribution in [3.05, 3.63) is 72.3 Å². The Balaban J connectivity index is 1.15. The number of likely N-dealkylation sites (tertiary alicyclic amines) is 1. The van der Waals surface area contributed by atoms with Gasteiger partial charge in [0, 0.05) is 35.6 Å². The number of carbonyl (C=O) groups is 4. The molecule has 0 bridgehead atoms. The number of benzene rings is 2. The number of hydrogen-bond donors (Lipinski definition) is 4. The SMILES string of the molecule is COC(=O)NC(C(=O)N1CC(SC)CC1c1ncc(-c2ccc(-c3ccc(-c4cnc(C5CC=NN5C(=O)C(NC(=O)OC)C(C)C)[nH]4)cc3)c(F)c2)[nH]1)C(C)C. The first kappa shape index (κ1) is 40.9. The second-order valence-corrected chi connectivity index (χ2v) is 15.8. The van der Waals surface area contributed by atoms with Crippen LogP contribution in [0.4, 0.5) is 14.0 Å². The fraction of sp³-hybridized carbons (Fsp3) is 0.425. The third-order valence-corrected chi connectivity index (χ3v) is 11.3. The van der Waals surface area contributed by atoms with Gasteiger partial charge in [-0.2, -0.15) is 16.9 Å². The Hall–Kier alpha value is -5.71. The van der Waals surface area contributed by atoms with E-state index in [1.54, 1.807) is 41.3 Å². The summed E-state index contributed by atoms with van der Waals surface area (Å²) in [5.41, 5.74) is 3.83. The number of methoxy groups -OCH3 is 2. The fourth-order valence-corrected chi connectivity index (χ4v) is 7.78. The van der Waals surface area contributed by atoms with Crippen molar-refractivity contribution >= 4 is 42.0 Å². The lowest BCUT2D eigenvalue weighted by atomic mass is 10.0. The van der Waals surface area contributed by atoms with E-state index in [1.807, 2.05) is 64.3 Å². The van der Waals surface area contributed by atoms with Gasteiger partial charge in [0.15, 0.2) is 0 Å². The summed E-state index contributed by atoms with van der Waals surface area (Å²) in [6, 6.07) is 9.97. The topological polar surface area (TPSA) is 187 Å². The van der Waals surface area contributed by atoms with Gasteiger partial charge in [0.1, 0.15) is 35.6 Å². The van der Waals surface area contributed by atoms with Crippen LogP contribution in [-0.2, 0) is 19.1 Å². The van der Waals surface area contributed by atoms with Gasteiger partial charge in [0.2, 0.25) is 5.91 Å². The molecule has 302 valence electrons. The molecule has 1 saturated heterocycles.